The van der Waals surface area contributed by atoms with E-state index in [1.807, 2.05) is 0 Å². The highest BCUT2D eigenvalue weighted by Gasteiger charge is 2.40. The number of aliphatic hydroxyl groups is 5. The molecule has 0 saturated carbocycles. The van der Waals surface area contributed by atoms with Crippen molar-refractivity contribution in [2.45, 2.75) is 24.4 Å². The number of imide groups is 3. The molecule has 0 aromatic carbocycles. The molecule has 9 heteroatoms. The maximum atomic E-state index is 11.6. The Morgan fingerprint density at radius 1 is 1.05 bits per heavy atom. The second-order valence-corrected chi connectivity index (χ2v) is 3.86. The molecule has 0 spiro atoms. The molecule has 0 fully saturated rings. The minimum absolute atomic E-state index is 0.0892. The fourth-order valence-corrected chi connectivity index (χ4v) is 1.42. The Morgan fingerprint density at radius 3 is 1.95 bits per heavy atom. The molecule has 0 radical (unpaired) electrons. The van der Waals surface area contributed by atoms with Gasteiger partial charge in [0.2, 0.25) is 0 Å². The van der Waals surface area contributed by atoms with Gasteiger partial charge in [0, 0.05) is 12.2 Å². The van der Waals surface area contributed by atoms with Crippen molar-refractivity contribution in [3.05, 3.63) is 12.2 Å². The van der Waals surface area contributed by atoms with Crippen LogP contribution in [-0.2, 0) is 14.4 Å². The largest absolute Gasteiger partial charge is 0.394 e. The number of nitrogens with zero attached hydrogens (tertiary/aromatic N) is 1. The molecule has 0 bridgehead atoms. The Labute approximate surface area is 107 Å². The summed E-state index contributed by atoms with van der Waals surface area (Å²) >= 11 is 0. The lowest BCUT2D eigenvalue weighted by Crippen LogP contribution is -2.53. The smallest absolute Gasteiger partial charge is 0.268 e. The third-order valence-corrected chi connectivity index (χ3v) is 2.54. The van der Waals surface area contributed by atoms with E-state index in [0.717, 1.165) is 12.2 Å². The van der Waals surface area contributed by atoms with E-state index in [1.54, 1.807) is 0 Å². The summed E-state index contributed by atoms with van der Waals surface area (Å²) in [5.74, 6) is -3.41. The van der Waals surface area contributed by atoms with Gasteiger partial charge in [-0.15, -0.1) is 0 Å². The molecule has 0 aromatic heterocycles. The summed E-state index contributed by atoms with van der Waals surface area (Å²) in [5, 5.41) is 45.8. The van der Waals surface area contributed by atoms with Crippen molar-refractivity contribution in [1.82, 2.24) is 4.90 Å². The second kappa shape index (κ2) is 5.99. The van der Waals surface area contributed by atoms with Crippen molar-refractivity contribution in [2.24, 2.45) is 0 Å². The van der Waals surface area contributed by atoms with Crippen LogP contribution in [0.15, 0.2) is 12.2 Å². The average Bonchev–Trinajstić information content (AvgIpc) is 2.73. The number of hydrogen-bond donors (Lipinski definition) is 5. The van der Waals surface area contributed by atoms with Gasteiger partial charge in [-0.2, -0.15) is 0 Å². The van der Waals surface area contributed by atoms with E-state index in [4.69, 9.17) is 10.2 Å². The molecule has 0 aromatic rings. The van der Waals surface area contributed by atoms with Crippen molar-refractivity contribution in [3.8, 4) is 0 Å². The third-order valence-electron chi connectivity index (χ3n) is 2.54. The fraction of sp³-hybridized carbons (Fsp3) is 0.500. The van der Waals surface area contributed by atoms with Crippen molar-refractivity contribution in [3.63, 3.8) is 0 Å². The predicted molar refractivity (Wildman–Crippen MR) is 57.1 cm³/mol. The first-order valence-electron chi connectivity index (χ1n) is 5.24. The van der Waals surface area contributed by atoms with Crippen LogP contribution in [-0.4, -0.2) is 79.2 Å². The van der Waals surface area contributed by atoms with E-state index in [1.165, 1.54) is 0 Å². The quantitative estimate of drug-likeness (QED) is 0.317. The Balaban J connectivity index is 2.77. The lowest BCUT2D eigenvalue weighted by Gasteiger charge is -2.26. The van der Waals surface area contributed by atoms with Crippen LogP contribution >= 0.6 is 0 Å². The third kappa shape index (κ3) is 3.03. The normalized spacial score (nSPS) is 21.4. The summed E-state index contributed by atoms with van der Waals surface area (Å²) in [6.07, 6.45) is -6.68. The van der Waals surface area contributed by atoms with Gasteiger partial charge < -0.3 is 25.5 Å². The van der Waals surface area contributed by atoms with E-state index in [0.29, 0.717) is 0 Å². The van der Waals surface area contributed by atoms with Gasteiger partial charge in [-0.1, -0.05) is 0 Å². The lowest BCUT2D eigenvalue weighted by molar-refractivity contribution is -0.164. The molecule has 5 N–H and O–H groups in total. The fourth-order valence-electron chi connectivity index (χ4n) is 1.42. The Kier molecular flexibility index (Phi) is 4.86. The Morgan fingerprint density at radius 2 is 1.53 bits per heavy atom. The molecule has 1 heterocycles. The molecule has 0 saturated heterocycles. The minimum Gasteiger partial charge on any atom is -0.394 e. The summed E-state index contributed by atoms with van der Waals surface area (Å²) in [5.41, 5.74) is 0. The summed E-state index contributed by atoms with van der Waals surface area (Å²) in [6, 6.07) is 0. The zero-order valence-corrected chi connectivity index (χ0v) is 9.58. The molecule has 3 amide bonds. The molecule has 1 aliphatic heterocycles. The standard InChI is InChI=1S/C10H13NO8/c12-3-4(13)7(16)8(17)9(18)10(19)11-5(14)1-2-6(11)15/h1-2,4,7-9,12-13,16-18H,3H2/t4-,7-,8+,9+/m1/s1. The average molecular weight is 275 g/mol. The highest BCUT2D eigenvalue weighted by molar-refractivity contribution is 6.23. The number of carbonyl (C=O) groups is 3. The van der Waals surface area contributed by atoms with Crippen molar-refractivity contribution in [2.75, 3.05) is 6.61 Å². The van der Waals surface area contributed by atoms with E-state index < -0.39 is 48.7 Å². The summed E-state index contributed by atoms with van der Waals surface area (Å²) < 4.78 is 0. The molecule has 0 aliphatic carbocycles. The van der Waals surface area contributed by atoms with Crippen LogP contribution in [0, 0.1) is 0 Å². The van der Waals surface area contributed by atoms with E-state index in [2.05, 4.69) is 0 Å². The molecule has 4 atom stereocenters. The van der Waals surface area contributed by atoms with Gasteiger partial charge >= 0.3 is 0 Å². The Bertz CT molecular complexity index is 402. The lowest BCUT2D eigenvalue weighted by atomic mass is 10.0. The highest BCUT2D eigenvalue weighted by Crippen LogP contribution is 2.11. The summed E-state index contributed by atoms with van der Waals surface area (Å²) in [7, 11) is 0. The van der Waals surface area contributed by atoms with Crippen molar-refractivity contribution >= 4 is 17.7 Å². The summed E-state index contributed by atoms with van der Waals surface area (Å²) in [4.78, 5) is 34.0. The number of aliphatic hydroxyl groups excluding tert-OH is 5. The van der Waals surface area contributed by atoms with Crippen LogP contribution in [0.4, 0.5) is 0 Å². The molecule has 1 aliphatic rings. The SMILES string of the molecule is O=C1C=CC(=O)N1C(=O)[C@@H](O)[C@@H](O)[C@H](O)[C@H](O)CO. The van der Waals surface area contributed by atoms with E-state index in [9.17, 15) is 29.7 Å². The number of hydrogen-bond acceptors (Lipinski definition) is 8. The van der Waals surface area contributed by atoms with Crippen LogP contribution in [0.25, 0.3) is 0 Å². The molecular formula is C10H13NO8. The van der Waals surface area contributed by atoms with Crippen LogP contribution in [0.2, 0.25) is 0 Å². The van der Waals surface area contributed by atoms with Gasteiger partial charge in [-0.25, -0.2) is 4.90 Å². The van der Waals surface area contributed by atoms with Gasteiger partial charge in [-0.3, -0.25) is 14.4 Å². The summed E-state index contributed by atoms with van der Waals surface area (Å²) in [6.45, 7) is -0.914. The predicted octanol–water partition coefficient (Wildman–Crippen LogP) is -4.13. The van der Waals surface area contributed by atoms with Crippen LogP contribution < -0.4 is 0 Å². The molecule has 9 nitrogen and oxygen atoms in total. The first-order valence-corrected chi connectivity index (χ1v) is 5.24. The highest BCUT2D eigenvalue weighted by atomic mass is 16.4. The minimum atomic E-state index is -2.30. The zero-order chi connectivity index (χ0) is 14.7. The maximum Gasteiger partial charge on any atom is 0.268 e. The number of rotatable bonds is 5. The van der Waals surface area contributed by atoms with Crippen LogP contribution in [0.3, 0.4) is 0 Å². The molecule has 0 unspecified atom stereocenters. The van der Waals surface area contributed by atoms with Gasteiger partial charge in [0.25, 0.3) is 17.7 Å². The van der Waals surface area contributed by atoms with Crippen molar-refractivity contribution < 1.29 is 39.9 Å². The van der Waals surface area contributed by atoms with E-state index in [-0.39, 0.29) is 4.90 Å². The van der Waals surface area contributed by atoms with Gasteiger partial charge in [0.1, 0.15) is 18.3 Å². The molecule has 1 rings (SSSR count). The van der Waals surface area contributed by atoms with E-state index >= 15 is 0 Å². The topological polar surface area (TPSA) is 156 Å². The van der Waals surface area contributed by atoms with Gasteiger partial charge in [-0.05, 0) is 0 Å². The first kappa shape index (κ1) is 15.4. The monoisotopic (exact) mass is 275 g/mol. The van der Waals surface area contributed by atoms with Crippen molar-refractivity contribution in [1.29, 1.82) is 0 Å². The van der Waals surface area contributed by atoms with Crippen LogP contribution in [0.1, 0.15) is 0 Å². The molecular weight excluding hydrogens is 262 g/mol. The molecule has 106 valence electrons. The number of amides is 3. The zero-order valence-electron chi connectivity index (χ0n) is 9.58. The first-order chi connectivity index (χ1) is 8.81. The van der Waals surface area contributed by atoms with Gasteiger partial charge in [0.05, 0.1) is 6.61 Å². The van der Waals surface area contributed by atoms with Gasteiger partial charge in [0.15, 0.2) is 6.10 Å². The Hall–Kier alpha value is -1.65. The maximum absolute atomic E-state index is 11.6. The van der Waals surface area contributed by atoms with Crippen LogP contribution in [0.5, 0.6) is 0 Å². The second-order valence-electron chi connectivity index (χ2n) is 3.86. The number of carbonyl (C=O) groups excluding carboxylic acids is 3. The molecule has 19 heavy (non-hydrogen) atoms.